The average Bonchev–Trinajstić information content (AvgIpc) is 2.42. The van der Waals surface area contributed by atoms with E-state index in [0.717, 1.165) is 0 Å². The van der Waals surface area contributed by atoms with Gasteiger partial charge < -0.3 is 10.4 Å². The second kappa shape index (κ2) is 5.84. The van der Waals surface area contributed by atoms with Crippen LogP contribution in [0.2, 0.25) is 0 Å². The van der Waals surface area contributed by atoms with Crippen LogP contribution in [0.15, 0.2) is 54.6 Å². The molecule has 0 saturated carbocycles. The molecule has 2 rings (SSSR count). The zero-order chi connectivity index (χ0) is 14.6. The molecule has 0 bridgehead atoms. The van der Waals surface area contributed by atoms with E-state index in [1.54, 1.807) is 19.1 Å². The van der Waals surface area contributed by atoms with Crippen molar-refractivity contribution >= 4 is 11.6 Å². The van der Waals surface area contributed by atoms with Crippen molar-refractivity contribution < 1.29 is 14.3 Å². The Morgan fingerprint density at radius 2 is 1.75 bits per heavy atom. The molecule has 104 valence electrons. The van der Waals surface area contributed by atoms with Crippen molar-refractivity contribution in [3.05, 3.63) is 66.0 Å². The second-order valence-electron chi connectivity index (χ2n) is 4.87. The standard InChI is InChI=1S/C16H16FNO2/c1-16(20,12-5-3-2-4-6-12)11-15(19)18-14-9-7-13(17)8-10-14/h2-10,20H,11H2,1H3,(H,18,19). The molecule has 0 saturated heterocycles. The Hall–Kier alpha value is -2.20. The van der Waals surface area contributed by atoms with E-state index in [1.165, 1.54) is 24.3 Å². The van der Waals surface area contributed by atoms with Crippen molar-refractivity contribution in [2.75, 3.05) is 5.32 Å². The number of hydrogen-bond donors (Lipinski definition) is 2. The molecule has 0 aromatic heterocycles. The second-order valence-corrected chi connectivity index (χ2v) is 4.87. The number of halogens is 1. The zero-order valence-electron chi connectivity index (χ0n) is 11.1. The number of nitrogens with one attached hydrogen (secondary N) is 1. The molecule has 1 amide bonds. The van der Waals surface area contributed by atoms with Gasteiger partial charge in [-0.2, -0.15) is 0 Å². The molecule has 0 aliphatic carbocycles. The maximum atomic E-state index is 12.8. The first-order valence-corrected chi connectivity index (χ1v) is 6.31. The molecule has 2 aromatic carbocycles. The smallest absolute Gasteiger partial charge is 0.227 e. The molecule has 2 aromatic rings. The monoisotopic (exact) mass is 273 g/mol. The van der Waals surface area contributed by atoms with Gasteiger partial charge in [-0.05, 0) is 36.8 Å². The summed E-state index contributed by atoms with van der Waals surface area (Å²) in [5.74, 6) is -0.690. The fraction of sp³-hybridized carbons (Fsp3) is 0.188. The molecule has 0 radical (unpaired) electrons. The molecule has 0 aliphatic heterocycles. The van der Waals surface area contributed by atoms with Crippen LogP contribution in [0.4, 0.5) is 10.1 Å². The third-order valence-corrected chi connectivity index (χ3v) is 3.03. The number of hydrogen-bond acceptors (Lipinski definition) is 2. The van der Waals surface area contributed by atoms with Crippen LogP contribution < -0.4 is 5.32 Å². The first-order chi connectivity index (χ1) is 9.47. The number of carbonyl (C=O) groups is 1. The van der Waals surface area contributed by atoms with Crippen LogP contribution in [0.5, 0.6) is 0 Å². The summed E-state index contributed by atoms with van der Waals surface area (Å²) in [5, 5.41) is 13.0. The number of rotatable bonds is 4. The van der Waals surface area contributed by atoms with Gasteiger partial charge in [0.05, 0.1) is 12.0 Å². The highest BCUT2D eigenvalue weighted by atomic mass is 19.1. The minimum Gasteiger partial charge on any atom is -0.385 e. The highest BCUT2D eigenvalue weighted by molar-refractivity contribution is 5.91. The van der Waals surface area contributed by atoms with Crippen LogP contribution in [0, 0.1) is 5.82 Å². The Morgan fingerprint density at radius 3 is 2.35 bits per heavy atom. The Balaban J connectivity index is 2.02. The highest BCUT2D eigenvalue weighted by Crippen LogP contribution is 2.24. The first kappa shape index (κ1) is 14.2. The van der Waals surface area contributed by atoms with E-state index >= 15 is 0 Å². The van der Waals surface area contributed by atoms with Crippen molar-refractivity contribution in [3.63, 3.8) is 0 Å². The summed E-state index contributed by atoms with van der Waals surface area (Å²) in [6, 6.07) is 14.5. The predicted octanol–water partition coefficient (Wildman–Crippen LogP) is 3.06. The van der Waals surface area contributed by atoms with E-state index < -0.39 is 5.60 Å². The summed E-state index contributed by atoms with van der Waals surface area (Å²) in [6.07, 6.45) is -0.0750. The minimum absolute atomic E-state index is 0.0750. The maximum Gasteiger partial charge on any atom is 0.227 e. The van der Waals surface area contributed by atoms with Crippen molar-refractivity contribution in [2.24, 2.45) is 0 Å². The maximum absolute atomic E-state index is 12.8. The van der Waals surface area contributed by atoms with Crippen LogP contribution in [0.3, 0.4) is 0 Å². The molecule has 20 heavy (non-hydrogen) atoms. The summed E-state index contributed by atoms with van der Waals surface area (Å²) in [7, 11) is 0. The van der Waals surface area contributed by atoms with Gasteiger partial charge in [0.2, 0.25) is 5.91 Å². The third kappa shape index (κ3) is 3.65. The summed E-state index contributed by atoms with van der Waals surface area (Å²) in [6.45, 7) is 1.59. The fourth-order valence-corrected chi connectivity index (χ4v) is 1.95. The molecule has 4 heteroatoms. The number of aliphatic hydroxyl groups is 1. The number of benzene rings is 2. The van der Waals surface area contributed by atoms with Gasteiger partial charge in [-0.25, -0.2) is 4.39 Å². The lowest BCUT2D eigenvalue weighted by Crippen LogP contribution is -2.28. The van der Waals surface area contributed by atoms with Crippen molar-refractivity contribution in [1.29, 1.82) is 0 Å². The number of carbonyl (C=O) groups excluding carboxylic acids is 1. The van der Waals surface area contributed by atoms with E-state index in [0.29, 0.717) is 11.3 Å². The van der Waals surface area contributed by atoms with Gasteiger partial charge in [0.15, 0.2) is 0 Å². The van der Waals surface area contributed by atoms with E-state index in [-0.39, 0.29) is 18.1 Å². The van der Waals surface area contributed by atoms with Gasteiger partial charge in [-0.3, -0.25) is 4.79 Å². The van der Waals surface area contributed by atoms with E-state index in [1.807, 2.05) is 18.2 Å². The van der Waals surface area contributed by atoms with Crippen LogP contribution in [0.1, 0.15) is 18.9 Å². The molecule has 2 N–H and O–H groups in total. The lowest BCUT2D eigenvalue weighted by molar-refractivity contribution is -0.120. The molecular weight excluding hydrogens is 257 g/mol. The van der Waals surface area contributed by atoms with Crippen LogP contribution in [-0.4, -0.2) is 11.0 Å². The highest BCUT2D eigenvalue weighted by Gasteiger charge is 2.26. The molecular formula is C16H16FNO2. The first-order valence-electron chi connectivity index (χ1n) is 6.31. The average molecular weight is 273 g/mol. The number of anilines is 1. The Morgan fingerprint density at radius 1 is 1.15 bits per heavy atom. The lowest BCUT2D eigenvalue weighted by Gasteiger charge is -2.23. The topological polar surface area (TPSA) is 49.3 Å². The molecule has 0 heterocycles. The summed E-state index contributed by atoms with van der Waals surface area (Å²) < 4.78 is 12.8. The van der Waals surface area contributed by atoms with Crippen molar-refractivity contribution in [3.8, 4) is 0 Å². The van der Waals surface area contributed by atoms with Gasteiger partial charge in [0.1, 0.15) is 5.82 Å². The van der Waals surface area contributed by atoms with E-state index in [2.05, 4.69) is 5.32 Å². The molecule has 0 spiro atoms. The minimum atomic E-state index is -1.24. The molecule has 0 aliphatic rings. The SMILES string of the molecule is CC(O)(CC(=O)Nc1ccc(F)cc1)c1ccccc1. The molecule has 3 nitrogen and oxygen atoms in total. The van der Waals surface area contributed by atoms with Gasteiger partial charge in [0.25, 0.3) is 0 Å². The fourth-order valence-electron chi connectivity index (χ4n) is 1.95. The lowest BCUT2D eigenvalue weighted by atomic mass is 9.92. The van der Waals surface area contributed by atoms with E-state index in [9.17, 15) is 14.3 Å². The predicted molar refractivity (Wildman–Crippen MR) is 75.7 cm³/mol. The van der Waals surface area contributed by atoms with E-state index in [4.69, 9.17) is 0 Å². The van der Waals surface area contributed by atoms with Gasteiger partial charge in [0, 0.05) is 5.69 Å². The molecule has 0 fully saturated rings. The van der Waals surface area contributed by atoms with Crippen LogP contribution in [0.25, 0.3) is 0 Å². The van der Waals surface area contributed by atoms with Crippen molar-refractivity contribution in [1.82, 2.24) is 0 Å². The van der Waals surface area contributed by atoms with Crippen LogP contribution in [-0.2, 0) is 10.4 Å². The Kier molecular flexibility index (Phi) is 4.15. The largest absolute Gasteiger partial charge is 0.385 e. The molecule has 1 unspecified atom stereocenters. The van der Waals surface area contributed by atoms with Gasteiger partial charge in [-0.15, -0.1) is 0 Å². The quantitative estimate of drug-likeness (QED) is 0.899. The Bertz CT molecular complexity index is 579. The molecule has 1 atom stereocenters. The normalized spacial score (nSPS) is 13.6. The number of amides is 1. The van der Waals surface area contributed by atoms with Gasteiger partial charge >= 0.3 is 0 Å². The summed E-state index contributed by atoms with van der Waals surface area (Å²) >= 11 is 0. The third-order valence-electron chi connectivity index (χ3n) is 3.03. The van der Waals surface area contributed by atoms with Crippen molar-refractivity contribution in [2.45, 2.75) is 18.9 Å². The Labute approximate surface area is 117 Å². The summed E-state index contributed by atoms with van der Waals surface area (Å²) in [4.78, 5) is 11.9. The van der Waals surface area contributed by atoms with Crippen LogP contribution >= 0.6 is 0 Å². The van der Waals surface area contributed by atoms with Gasteiger partial charge in [-0.1, -0.05) is 30.3 Å². The zero-order valence-corrected chi connectivity index (χ0v) is 11.1. The summed E-state index contributed by atoms with van der Waals surface area (Å²) in [5.41, 5.74) is -0.0692.